The fraction of sp³-hybridized carbons (Fsp3) is 0.625. The topological polar surface area (TPSA) is 43.8 Å². The molecular formula is C8H14N2O2. The van der Waals surface area contributed by atoms with Gasteiger partial charge >= 0.3 is 5.97 Å². The van der Waals surface area contributed by atoms with Crippen LogP contribution in [0.2, 0.25) is 0 Å². The fourth-order valence-corrected chi connectivity index (χ4v) is 1.51. The molecule has 68 valence electrons. The van der Waals surface area contributed by atoms with E-state index in [1.54, 1.807) is 6.08 Å². The van der Waals surface area contributed by atoms with E-state index in [9.17, 15) is 4.79 Å². The molecule has 0 saturated carbocycles. The Hall–Kier alpha value is -0.870. The normalized spacial score (nSPS) is 25.9. The third-order valence-electron chi connectivity index (χ3n) is 2.09. The Kier molecular flexibility index (Phi) is 2.83. The van der Waals surface area contributed by atoms with Crippen LogP contribution < -0.4 is 0 Å². The largest absolute Gasteiger partial charge is 0.479 e. The van der Waals surface area contributed by atoms with Gasteiger partial charge in [-0.15, -0.1) is 6.58 Å². The molecule has 0 radical (unpaired) electrons. The third kappa shape index (κ3) is 1.65. The van der Waals surface area contributed by atoms with Crippen LogP contribution in [-0.4, -0.2) is 53.7 Å². The summed E-state index contributed by atoms with van der Waals surface area (Å²) in [5.41, 5.74) is 0. The van der Waals surface area contributed by atoms with E-state index >= 15 is 0 Å². The van der Waals surface area contributed by atoms with Gasteiger partial charge in [0.05, 0.1) is 0 Å². The van der Waals surface area contributed by atoms with Gasteiger partial charge in [0.1, 0.15) is 0 Å². The molecule has 1 rings (SSSR count). The number of hydrogen-bond donors (Lipinski definition) is 1. The minimum atomic E-state index is -0.781. The van der Waals surface area contributed by atoms with E-state index in [-0.39, 0.29) is 0 Å². The van der Waals surface area contributed by atoms with E-state index in [0.29, 0.717) is 6.54 Å². The first-order valence-corrected chi connectivity index (χ1v) is 3.95. The van der Waals surface area contributed by atoms with E-state index in [4.69, 9.17) is 5.11 Å². The molecule has 0 amide bonds. The molecule has 12 heavy (non-hydrogen) atoms. The predicted molar refractivity (Wildman–Crippen MR) is 45.8 cm³/mol. The van der Waals surface area contributed by atoms with Gasteiger partial charge in [0.2, 0.25) is 0 Å². The standard InChI is InChI=1S/C8H14N2O2/c1-3-4-10-6-5-9(2)7(10)8(11)12/h3,7H,1,4-6H2,2H3,(H,11,12). The average Bonchev–Trinajstić information content (AvgIpc) is 2.32. The van der Waals surface area contributed by atoms with Crippen LogP contribution in [0.1, 0.15) is 0 Å². The first-order chi connectivity index (χ1) is 5.66. The number of carboxylic acid groups (broad SMARTS) is 1. The second-order valence-corrected chi connectivity index (χ2v) is 2.98. The van der Waals surface area contributed by atoms with Crippen molar-refractivity contribution in [2.75, 3.05) is 26.7 Å². The fourth-order valence-electron chi connectivity index (χ4n) is 1.51. The van der Waals surface area contributed by atoms with Gasteiger partial charge < -0.3 is 5.11 Å². The van der Waals surface area contributed by atoms with Gasteiger partial charge in [-0.2, -0.15) is 0 Å². The summed E-state index contributed by atoms with van der Waals surface area (Å²) in [5.74, 6) is -0.781. The Morgan fingerprint density at radius 1 is 1.75 bits per heavy atom. The molecule has 4 heteroatoms. The van der Waals surface area contributed by atoms with E-state index in [1.807, 2.05) is 16.8 Å². The Balaban J connectivity index is 2.63. The number of nitrogens with zero attached hydrogens (tertiary/aromatic N) is 2. The summed E-state index contributed by atoms with van der Waals surface area (Å²) in [5, 5.41) is 8.86. The monoisotopic (exact) mass is 170 g/mol. The van der Waals surface area contributed by atoms with E-state index in [0.717, 1.165) is 13.1 Å². The molecule has 1 atom stereocenters. The maximum absolute atomic E-state index is 10.8. The molecule has 1 aliphatic rings. The first-order valence-electron chi connectivity index (χ1n) is 3.95. The highest BCUT2D eigenvalue weighted by Gasteiger charge is 2.33. The Morgan fingerprint density at radius 3 is 2.92 bits per heavy atom. The van der Waals surface area contributed by atoms with Crippen LogP contribution in [0.4, 0.5) is 0 Å². The van der Waals surface area contributed by atoms with E-state index in [2.05, 4.69) is 6.58 Å². The second kappa shape index (κ2) is 3.69. The maximum atomic E-state index is 10.8. The van der Waals surface area contributed by atoms with Crippen molar-refractivity contribution < 1.29 is 9.90 Å². The van der Waals surface area contributed by atoms with Crippen LogP contribution in [0.15, 0.2) is 12.7 Å². The van der Waals surface area contributed by atoms with Crippen molar-refractivity contribution in [2.24, 2.45) is 0 Å². The zero-order chi connectivity index (χ0) is 9.14. The summed E-state index contributed by atoms with van der Waals surface area (Å²) in [7, 11) is 1.82. The summed E-state index contributed by atoms with van der Waals surface area (Å²) in [6.07, 6.45) is 1.26. The second-order valence-electron chi connectivity index (χ2n) is 2.98. The Morgan fingerprint density at radius 2 is 2.42 bits per heavy atom. The van der Waals surface area contributed by atoms with Crippen molar-refractivity contribution in [1.29, 1.82) is 0 Å². The average molecular weight is 170 g/mol. The highest BCUT2D eigenvalue weighted by molar-refractivity contribution is 5.73. The molecule has 1 unspecified atom stereocenters. The molecule has 0 aromatic carbocycles. The summed E-state index contributed by atoms with van der Waals surface area (Å²) in [6, 6.07) is 0. The number of hydrogen-bond acceptors (Lipinski definition) is 3. The molecule has 0 aromatic heterocycles. The molecule has 1 N–H and O–H groups in total. The quantitative estimate of drug-likeness (QED) is 0.597. The van der Waals surface area contributed by atoms with E-state index < -0.39 is 12.1 Å². The molecule has 1 saturated heterocycles. The molecule has 1 aliphatic heterocycles. The van der Waals surface area contributed by atoms with Crippen molar-refractivity contribution in [1.82, 2.24) is 9.80 Å². The summed E-state index contributed by atoms with van der Waals surface area (Å²) >= 11 is 0. The van der Waals surface area contributed by atoms with Crippen LogP contribution in [0.3, 0.4) is 0 Å². The van der Waals surface area contributed by atoms with Crippen LogP contribution >= 0.6 is 0 Å². The van der Waals surface area contributed by atoms with Crippen molar-refractivity contribution in [3.8, 4) is 0 Å². The molecular weight excluding hydrogens is 156 g/mol. The summed E-state index contributed by atoms with van der Waals surface area (Å²) < 4.78 is 0. The van der Waals surface area contributed by atoms with Crippen LogP contribution in [0.25, 0.3) is 0 Å². The molecule has 4 nitrogen and oxygen atoms in total. The highest BCUT2D eigenvalue weighted by Crippen LogP contribution is 2.11. The lowest BCUT2D eigenvalue weighted by atomic mass is 10.4. The molecule has 0 aliphatic carbocycles. The number of carboxylic acids is 1. The van der Waals surface area contributed by atoms with Crippen LogP contribution in [0, 0.1) is 0 Å². The lowest BCUT2D eigenvalue weighted by molar-refractivity contribution is -0.146. The van der Waals surface area contributed by atoms with Gasteiger partial charge in [0, 0.05) is 19.6 Å². The van der Waals surface area contributed by atoms with E-state index in [1.165, 1.54) is 0 Å². The Bertz CT molecular complexity index is 193. The van der Waals surface area contributed by atoms with Gasteiger partial charge in [-0.05, 0) is 7.05 Å². The lowest BCUT2D eigenvalue weighted by Gasteiger charge is -2.22. The summed E-state index contributed by atoms with van der Waals surface area (Å²) in [4.78, 5) is 14.5. The van der Waals surface area contributed by atoms with Gasteiger partial charge in [-0.1, -0.05) is 6.08 Å². The molecule has 0 spiro atoms. The third-order valence-corrected chi connectivity index (χ3v) is 2.09. The van der Waals surface area contributed by atoms with Crippen molar-refractivity contribution in [2.45, 2.75) is 6.17 Å². The van der Waals surface area contributed by atoms with Crippen molar-refractivity contribution in [3.63, 3.8) is 0 Å². The zero-order valence-corrected chi connectivity index (χ0v) is 7.23. The van der Waals surface area contributed by atoms with Gasteiger partial charge in [0.15, 0.2) is 6.17 Å². The molecule has 1 heterocycles. The molecule has 0 aromatic rings. The number of carbonyl (C=O) groups is 1. The van der Waals surface area contributed by atoms with Crippen molar-refractivity contribution >= 4 is 5.97 Å². The van der Waals surface area contributed by atoms with Gasteiger partial charge in [0.25, 0.3) is 0 Å². The number of likely N-dealkylation sites (N-methyl/N-ethyl adjacent to an activating group) is 1. The van der Waals surface area contributed by atoms with Gasteiger partial charge in [-0.25, -0.2) is 4.79 Å². The smallest absolute Gasteiger partial charge is 0.336 e. The van der Waals surface area contributed by atoms with Crippen LogP contribution in [-0.2, 0) is 4.79 Å². The molecule has 0 bridgehead atoms. The molecule has 1 fully saturated rings. The Labute approximate surface area is 72.1 Å². The summed E-state index contributed by atoms with van der Waals surface area (Å²) in [6.45, 7) is 5.85. The van der Waals surface area contributed by atoms with Crippen LogP contribution in [0.5, 0.6) is 0 Å². The van der Waals surface area contributed by atoms with Gasteiger partial charge in [-0.3, -0.25) is 9.80 Å². The lowest BCUT2D eigenvalue weighted by Crippen LogP contribution is -2.43. The minimum absolute atomic E-state index is 0.469. The highest BCUT2D eigenvalue weighted by atomic mass is 16.4. The maximum Gasteiger partial charge on any atom is 0.336 e. The first kappa shape index (κ1) is 9.22. The predicted octanol–water partition coefficient (Wildman–Crippen LogP) is -0.170. The zero-order valence-electron chi connectivity index (χ0n) is 7.23. The minimum Gasteiger partial charge on any atom is -0.479 e. The van der Waals surface area contributed by atoms with Crippen molar-refractivity contribution in [3.05, 3.63) is 12.7 Å². The number of aliphatic carboxylic acids is 1. The SMILES string of the molecule is C=CCN1CCN(C)C1C(=O)O. The number of rotatable bonds is 3.